The van der Waals surface area contributed by atoms with Crippen LogP contribution in [0.15, 0.2) is 59.6 Å². The van der Waals surface area contributed by atoms with Crippen LogP contribution in [0, 0.1) is 0 Å². The van der Waals surface area contributed by atoms with Crippen molar-refractivity contribution in [2.45, 2.75) is 0 Å². The standard InChI is InChI=1S/C18H18N2O2/c21-18(20-10-12-22-13-11-20)16-6-8-17(9-7-16)19-14-15-4-2-1-3-5-15/h1-9,14H,10-13H2. The van der Waals surface area contributed by atoms with Crippen LogP contribution >= 0.6 is 0 Å². The number of carbonyl (C=O) groups is 1. The summed E-state index contributed by atoms with van der Waals surface area (Å²) in [5.74, 6) is 0.0573. The number of morpholine rings is 1. The molecule has 0 radical (unpaired) electrons. The molecule has 1 heterocycles. The lowest BCUT2D eigenvalue weighted by Crippen LogP contribution is -2.40. The highest BCUT2D eigenvalue weighted by molar-refractivity contribution is 5.94. The van der Waals surface area contributed by atoms with Gasteiger partial charge in [-0.05, 0) is 29.8 Å². The van der Waals surface area contributed by atoms with Crippen LogP contribution in [0.1, 0.15) is 15.9 Å². The fourth-order valence-corrected chi connectivity index (χ4v) is 2.33. The van der Waals surface area contributed by atoms with Crippen LogP contribution in [0.4, 0.5) is 5.69 Å². The second kappa shape index (κ2) is 7.00. The third-order valence-corrected chi connectivity index (χ3v) is 3.57. The molecule has 1 amide bonds. The first kappa shape index (κ1) is 14.5. The van der Waals surface area contributed by atoms with E-state index in [-0.39, 0.29) is 5.91 Å². The summed E-state index contributed by atoms with van der Waals surface area (Å²) in [6.45, 7) is 2.55. The zero-order valence-electron chi connectivity index (χ0n) is 12.3. The van der Waals surface area contributed by atoms with Gasteiger partial charge in [0.2, 0.25) is 0 Å². The Hall–Kier alpha value is -2.46. The highest BCUT2D eigenvalue weighted by atomic mass is 16.5. The highest BCUT2D eigenvalue weighted by Crippen LogP contribution is 2.15. The smallest absolute Gasteiger partial charge is 0.254 e. The van der Waals surface area contributed by atoms with Gasteiger partial charge in [0.25, 0.3) is 5.91 Å². The first-order chi connectivity index (χ1) is 10.8. The molecule has 0 bridgehead atoms. The molecule has 0 saturated carbocycles. The van der Waals surface area contributed by atoms with Crippen molar-refractivity contribution < 1.29 is 9.53 Å². The molecule has 2 aromatic rings. The fourth-order valence-electron chi connectivity index (χ4n) is 2.33. The Kier molecular flexibility index (Phi) is 4.61. The van der Waals surface area contributed by atoms with Crippen molar-refractivity contribution in [2.75, 3.05) is 26.3 Å². The van der Waals surface area contributed by atoms with Crippen molar-refractivity contribution in [3.63, 3.8) is 0 Å². The molecule has 0 aromatic heterocycles. The molecule has 0 aliphatic carbocycles. The van der Waals surface area contributed by atoms with Gasteiger partial charge in [0, 0.05) is 24.9 Å². The predicted octanol–water partition coefficient (Wildman–Crippen LogP) is 2.91. The quantitative estimate of drug-likeness (QED) is 0.817. The zero-order chi connectivity index (χ0) is 15.2. The zero-order valence-corrected chi connectivity index (χ0v) is 12.3. The number of benzene rings is 2. The van der Waals surface area contributed by atoms with Crippen LogP contribution in [-0.4, -0.2) is 43.3 Å². The predicted molar refractivity (Wildman–Crippen MR) is 86.9 cm³/mol. The second-order valence-electron chi connectivity index (χ2n) is 5.12. The maximum atomic E-state index is 12.3. The molecule has 1 fully saturated rings. The van der Waals surface area contributed by atoms with Crippen molar-refractivity contribution >= 4 is 17.8 Å². The van der Waals surface area contributed by atoms with Gasteiger partial charge in [-0.25, -0.2) is 0 Å². The molecule has 2 aromatic carbocycles. The third kappa shape index (κ3) is 3.59. The van der Waals surface area contributed by atoms with Gasteiger partial charge in [0.05, 0.1) is 18.9 Å². The molecule has 22 heavy (non-hydrogen) atoms. The lowest BCUT2D eigenvalue weighted by atomic mass is 10.1. The maximum Gasteiger partial charge on any atom is 0.254 e. The van der Waals surface area contributed by atoms with Gasteiger partial charge in [-0.15, -0.1) is 0 Å². The average Bonchev–Trinajstić information content (AvgIpc) is 2.61. The number of amides is 1. The first-order valence-electron chi connectivity index (χ1n) is 7.39. The number of nitrogens with zero attached hydrogens (tertiary/aromatic N) is 2. The van der Waals surface area contributed by atoms with Crippen molar-refractivity contribution in [1.82, 2.24) is 4.90 Å². The molecule has 4 heteroatoms. The van der Waals surface area contributed by atoms with Gasteiger partial charge in [0.1, 0.15) is 0 Å². The van der Waals surface area contributed by atoms with E-state index >= 15 is 0 Å². The molecule has 0 atom stereocenters. The molecule has 0 unspecified atom stereocenters. The molecule has 112 valence electrons. The van der Waals surface area contributed by atoms with E-state index in [1.165, 1.54) is 0 Å². The molecular formula is C18H18N2O2. The molecule has 1 saturated heterocycles. The Morgan fingerprint density at radius 1 is 1.00 bits per heavy atom. The normalized spacial score (nSPS) is 15.2. The minimum absolute atomic E-state index is 0.0573. The first-order valence-corrected chi connectivity index (χ1v) is 7.39. The molecule has 0 N–H and O–H groups in total. The minimum Gasteiger partial charge on any atom is -0.378 e. The van der Waals surface area contributed by atoms with E-state index in [1.54, 1.807) is 0 Å². The summed E-state index contributed by atoms with van der Waals surface area (Å²) in [6.07, 6.45) is 1.82. The van der Waals surface area contributed by atoms with Crippen molar-refractivity contribution in [3.8, 4) is 0 Å². The van der Waals surface area contributed by atoms with Crippen molar-refractivity contribution in [1.29, 1.82) is 0 Å². The van der Waals surface area contributed by atoms with Crippen LogP contribution in [0.3, 0.4) is 0 Å². The van der Waals surface area contributed by atoms with Crippen LogP contribution in [-0.2, 0) is 4.74 Å². The summed E-state index contributed by atoms with van der Waals surface area (Å²) in [5, 5.41) is 0. The monoisotopic (exact) mass is 294 g/mol. The number of hydrogen-bond acceptors (Lipinski definition) is 3. The number of carbonyl (C=O) groups excluding carboxylic acids is 1. The Morgan fingerprint density at radius 2 is 1.68 bits per heavy atom. The minimum atomic E-state index is 0.0573. The van der Waals surface area contributed by atoms with Gasteiger partial charge in [-0.3, -0.25) is 9.79 Å². The fraction of sp³-hybridized carbons (Fsp3) is 0.222. The summed E-state index contributed by atoms with van der Waals surface area (Å²) in [4.78, 5) is 18.6. The van der Waals surface area contributed by atoms with E-state index < -0.39 is 0 Å². The van der Waals surface area contributed by atoms with E-state index in [1.807, 2.05) is 65.7 Å². The number of aliphatic imine (C=N–C) groups is 1. The van der Waals surface area contributed by atoms with Gasteiger partial charge >= 0.3 is 0 Å². The number of hydrogen-bond donors (Lipinski definition) is 0. The number of ether oxygens (including phenoxy) is 1. The SMILES string of the molecule is O=C(c1ccc(N=Cc2ccccc2)cc1)N1CCOCC1. The summed E-state index contributed by atoms with van der Waals surface area (Å²) >= 11 is 0. The lowest BCUT2D eigenvalue weighted by Gasteiger charge is -2.26. The van der Waals surface area contributed by atoms with Crippen LogP contribution in [0.25, 0.3) is 0 Å². The average molecular weight is 294 g/mol. The molecule has 0 spiro atoms. The van der Waals surface area contributed by atoms with Crippen molar-refractivity contribution in [2.24, 2.45) is 4.99 Å². The molecule has 3 rings (SSSR count). The van der Waals surface area contributed by atoms with Crippen molar-refractivity contribution in [3.05, 3.63) is 65.7 Å². The second-order valence-corrected chi connectivity index (χ2v) is 5.12. The van der Waals surface area contributed by atoms with Gasteiger partial charge in [-0.1, -0.05) is 30.3 Å². The van der Waals surface area contributed by atoms with E-state index in [4.69, 9.17) is 4.74 Å². The summed E-state index contributed by atoms with van der Waals surface area (Å²) in [6, 6.07) is 17.3. The Labute approximate surface area is 130 Å². The van der Waals surface area contributed by atoms with Gasteiger partial charge in [-0.2, -0.15) is 0 Å². The number of rotatable bonds is 3. The molecule has 1 aliphatic rings. The Balaban J connectivity index is 1.67. The van der Waals surface area contributed by atoms with Crippen LogP contribution in [0.5, 0.6) is 0 Å². The van der Waals surface area contributed by atoms with Gasteiger partial charge in [0.15, 0.2) is 0 Å². The van der Waals surface area contributed by atoms with E-state index in [2.05, 4.69) is 4.99 Å². The van der Waals surface area contributed by atoms with Gasteiger partial charge < -0.3 is 9.64 Å². The topological polar surface area (TPSA) is 41.9 Å². The lowest BCUT2D eigenvalue weighted by molar-refractivity contribution is 0.0303. The Bertz CT molecular complexity index is 645. The summed E-state index contributed by atoms with van der Waals surface area (Å²) in [5.41, 5.74) is 2.58. The summed E-state index contributed by atoms with van der Waals surface area (Å²) in [7, 11) is 0. The van der Waals surface area contributed by atoms with E-state index in [0.29, 0.717) is 31.9 Å². The van der Waals surface area contributed by atoms with E-state index in [0.717, 1.165) is 11.3 Å². The largest absolute Gasteiger partial charge is 0.378 e. The molecular weight excluding hydrogens is 276 g/mol. The molecule has 1 aliphatic heterocycles. The maximum absolute atomic E-state index is 12.3. The Morgan fingerprint density at radius 3 is 2.36 bits per heavy atom. The van der Waals surface area contributed by atoms with Crippen LogP contribution < -0.4 is 0 Å². The van der Waals surface area contributed by atoms with E-state index in [9.17, 15) is 4.79 Å². The van der Waals surface area contributed by atoms with Crippen LogP contribution in [0.2, 0.25) is 0 Å². The third-order valence-electron chi connectivity index (χ3n) is 3.57. The summed E-state index contributed by atoms with van der Waals surface area (Å²) < 4.78 is 5.27. The molecule has 4 nitrogen and oxygen atoms in total. The highest BCUT2D eigenvalue weighted by Gasteiger charge is 2.17.